The third-order valence-electron chi connectivity index (χ3n) is 7.69. The van der Waals surface area contributed by atoms with E-state index in [9.17, 15) is 22.4 Å². The van der Waals surface area contributed by atoms with Crippen LogP contribution >= 0.6 is 23.2 Å². The summed E-state index contributed by atoms with van der Waals surface area (Å²) >= 11 is 12.8. The Morgan fingerprint density at radius 2 is 1.63 bits per heavy atom. The second kappa shape index (κ2) is 14.6. The zero-order valence-electron chi connectivity index (χ0n) is 24.2. The number of aryl methyl sites for hydroxylation is 1. The van der Waals surface area contributed by atoms with E-state index in [1.165, 1.54) is 53.4 Å². The van der Waals surface area contributed by atoms with Gasteiger partial charge < -0.3 is 10.2 Å². The summed E-state index contributed by atoms with van der Waals surface area (Å²) in [5, 5.41) is 3.19. The lowest BCUT2D eigenvalue weighted by atomic mass is 9.95. The fourth-order valence-electron chi connectivity index (χ4n) is 5.29. The van der Waals surface area contributed by atoms with Crippen molar-refractivity contribution in [1.29, 1.82) is 0 Å². The highest BCUT2D eigenvalue weighted by Gasteiger charge is 2.35. The Bertz CT molecular complexity index is 1530. The van der Waals surface area contributed by atoms with E-state index in [1.54, 1.807) is 25.1 Å². The second-order valence-electron chi connectivity index (χ2n) is 10.8. The fourth-order valence-corrected chi connectivity index (χ4v) is 7.16. The Morgan fingerprint density at radius 3 is 2.26 bits per heavy atom. The molecule has 1 aliphatic rings. The molecule has 0 spiro atoms. The summed E-state index contributed by atoms with van der Waals surface area (Å²) in [6.45, 7) is 2.95. The van der Waals surface area contributed by atoms with Gasteiger partial charge in [0.25, 0.3) is 10.0 Å². The number of nitrogens with zero attached hydrogens (tertiary/aromatic N) is 2. The van der Waals surface area contributed by atoms with Gasteiger partial charge >= 0.3 is 0 Å². The van der Waals surface area contributed by atoms with Crippen molar-refractivity contribution < 1.29 is 22.4 Å². The molecule has 0 saturated heterocycles. The van der Waals surface area contributed by atoms with Crippen molar-refractivity contribution in [3.63, 3.8) is 0 Å². The van der Waals surface area contributed by atoms with Gasteiger partial charge in [-0.05, 0) is 68.1 Å². The number of nitrogens with one attached hydrogen (secondary N) is 1. The zero-order chi connectivity index (χ0) is 31.1. The molecule has 0 radical (unpaired) electrons. The standard InChI is InChI=1S/C32H36Cl2FN3O4S/c1-3-28(32(40)36-25-8-5-4-6-9-25)37(20-23-14-16-24(35)17-15-23)30(39)21-38(29-11-7-10-27(33)31(29)34)43(41,42)26-18-12-22(2)13-19-26/h7,10-19,25,28H,3-6,8-9,20-21H2,1-2H3,(H,36,40). The number of anilines is 1. The third kappa shape index (κ3) is 8.08. The largest absolute Gasteiger partial charge is 0.352 e. The molecule has 1 atom stereocenters. The predicted molar refractivity (Wildman–Crippen MR) is 168 cm³/mol. The van der Waals surface area contributed by atoms with Crippen LogP contribution < -0.4 is 9.62 Å². The van der Waals surface area contributed by atoms with Crippen LogP contribution in [-0.2, 0) is 26.2 Å². The second-order valence-corrected chi connectivity index (χ2v) is 13.5. The summed E-state index contributed by atoms with van der Waals surface area (Å²) < 4.78 is 42.7. The van der Waals surface area contributed by atoms with Crippen LogP contribution in [0.3, 0.4) is 0 Å². The maximum atomic E-state index is 14.2. The van der Waals surface area contributed by atoms with Crippen LogP contribution in [0.4, 0.5) is 10.1 Å². The van der Waals surface area contributed by atoms with Gasteiger partial charge in [-0.3, -0.25) is 13.9 Å². The van der Waals surface area contributed by atoms with Gasteiger partial charge in [0.05, 0.1) is 20.6 Å². The van der Waals surface area contributed by atoms with Crippen molar-refractivity contribution >= 4 is 50.7 Å². The lowest BCUT2D eigenvalue weighted by Gasteiger charge is -2.34. The first-order valence-electron chi connectivity index (χ1n) is 14.4. The molecule has 1 aliphatic carbocycles. The fraction of sp³-hybridized carbons (Fsp3) is 0.375. The van der Waals surface area contributed by atoms with E-state index >= 15 is 0 Å². The van der Waals surface area contributed by atoms with Crippen LogP contribution in [-0.4, -0.2) is 43.8 Å². The highest BCUT2D eigenvalue weighted by Crippen LogP contribution is 2.35. The molecular weight excluding hydrogens is 612 g/mol. The summed E-state index contributed by atoms with van der Waals surface area (Å²) in [6, 6.07) is 15.6. The Balaban J connectivity index is 1.73. The average Bonchev–Trinajstić information content (AvgIpc) is 2.99. The molecule has 2 amide bonds. The number of rotatable bonds is 11. The molecule has 1 N–H and O–H groups in total. The molecule has 1 unspecified atom stereocenters. The lowest BCUT2D eigenvalue weighted by Crippen LogP contribution is -2.54. The van der Waals surface area contributed by atoms with Gasteiger partial charge in [0.15, 0.2) is 0 Å². The Morgan fingerprint density at radius 1 is 0.977 bits per heavy atom. The van der Waals surface area contributed by atoms with Crippen LogP contribution in [0.2, 0.25) is 10.0 Å². The molecule has 4 rings (SSSR count). The summed E-state index contributed by atoms with van der Waals surface area (Å²) in [6.07, 6.45) is 5.18. The van der Waals surface area contributed by atoms with E-state index in [4.69, 9.17) is 23.2 Å². The maximum Gasteiger partial charge on any atom is 0.264 e. The first-order chi connectivity index (χ1) is 20.5. The molecule has 0 aromatic heterocycles. The Hall–Kier alpha value is -3.14. The van der Waals surface area contributed by atoms with Gasteiger partial charge in [0.1, 0.15) is 18.4 Å². The molecule has 1 saturated carbocycles. The molecular formula is C32H36Cl2FN3O4S. The average molecular weight is 649 g/mol. The van der Waals surface area contributed by atoms with Crippen molar-refractivity contribution in [2.24, 2.45) is 0 Å². The van der Waals surface area contributed by atoms with Crippen molar-refractivity contribution in [2.75, 3.05) is 10.8 Å². The van der Waals surface area contributed by atoms with Gasteiger partial charge in [-0.15, -0.1) is 0 Å². The zero-order valence-corrected chi connectivity index (χ0v) is 26.6. The number of benzene rings is 3. The van der Waals surface area contributed by atoms with Crippen LogP contribution in [0.1, 0.15) is 56.6 Å². The monoisotopic (exact) mass is 647 g/mol. The molecule has 230 valence electrons. The quantitative estimate of drug-likeness (QED) is 0.245. The van der Waals surface area contributed by atoms with Gasteiger partial charge in [0, 0.05) is 12.6 Å². The van der Waals surface area contributed by atoms with E-state index in [0.29, 0.717) is 5.56 Å². The van der Waals surface area contributed by atoms with E-state index in [1.807, 2.05) is 6.92 Å². The molecule has 0 bridgehead atoms. The smallest absolute Gasteiger partial charge is 0.264 e. The molecule has 11 heteroatoms. The minimum Gasteiger partial charge on any atom is -0.352 e. The topological polar surface area (TPSA) is 86.8 Å². The highest BCUT2D eigenvalue weighted by molar-refractivity contribution is 7.92. The highest BCUT2D eigenvalue weighted by atomic mass is 35.5. The van der Waals surface area contributed by atoms with Gasteiger partial charge in [-0.25, -0.2) is 12.8 Å². The number of sulfonamides is 1. The van der Waals surface area contributed by atoms with Crippen LogP contribution in [0.5, 0.6) is 0 Å². The number of carbonyl (C=O) groups excluding carboxylic acids is 2. The normalized spacial score (nSPS) is 14.6. The van der Waals surface area contributed by atoms with Crippen molar-refractivity contribution in [3.8, 4) is 0 Å². The molecule has 3 aromatic rings. The summed E-state index contributed by atoms with van der Waals surface area (Å²) in [5.74, 6) is -1.37. The van der Waals surface area contributed by atoms with Crippen molar-refractivity contribution in [3.05, 3.63) is 93.7 Å². The molecule has 43 heavy (non-hydrogen) atoms. The molecule has 1 fully saturated rings. The van der Waals surface area contributed by atoms with Crippen molar-refractivity contribution in [1.82, 2.24) is 10.2 Å². The lowest BCUT2D eigenvalue weighted by molar-refractivity contribution is -0.140. The summed E-state index contributed by atoms with van der Waals surface area (Å²) in [5.41, 5.74) is 1.49. The summed E-state index contributed by atoms with van der Waals surface area (Å²) in [7, 11) is -4.30. The van der Waals surface area contributed by atoms with Crippen molar-refractivity contribution in [2.45, 2.75) is 75.9 Å². The van der Waals surface area contributed by atoms with Gasteiger partial charge in [0.2, 0.25) is 11.8 Å². The van der Waals surface area contributed by atoms with E-state index in [0.717, 1.165) is 42.0 Å². The maximum absolute atomic E-state index is 14.2. The SMILES string of the molecule is CCC(C(=O)NC1CCCCC1)N(Cc1ccc(F)cc1)C(=O)CN(c1cccc(Cl)c1Cl)S(=O)(=O)c1ccc(C)cc1. The predicted octanol–water partition coefficient (Wildman–Crippen LogP) is 6.89. The van der Waals surface area contributed by atoms with Gasteiger partial charge in [-0.1, -0.05) is 85.3 Å². The van der Waals surface area contributed by atoms with E-state index in [2.05, 4.69) is 5.32 Å². The van der Waals surface area contributed by atoms with E-state index < -0.39 is 34.3 Å². The van der Waals surface area contributed by atoms with Crippen LogP contribution in [0.25, 0.3) is 0 Å². The molecule has 0 heterocycles. The molecule has 3 aromatic carbocycles. The number of carbonyl (C=O) groups is 2. The number of halogens is 3. The van der Waals surface area contributed by atoms with Crippen LogP contribution in [0, 0.1) is 12.7 Å². The van der Waals surface area contributed by atoms with E-state index in [-0.39, 0.29) is 45.5 Å². The number of hydrogen-bond donors (Lipinski definition) is 1. The molecule has 7 nitrogen and oxygen atoms in total. The third-order valence-corrected chi connectivity index (χ3v) is 10.3. The molecule has 0 aliphatic heterocycles. The number of hydrogen-bond acceptors (Lipinski definition) is 4. The minimum atomic E-state index is -4.30. The first-order valence-corrected chi connectivity index (χ1v) is 16.6. The Kier molecular flexibility index (Phi) is 11.1. The Labute approximate surface area is 263 Å². The first kappa shape index (κ1) is 32.8. The van der Waals surface area contributed by atoms with Gasteiger partial charge in [-0.2, -0.15) is 0 Å². The number of amides is 2. The summed E-state index contributed by atoms with van der Waals surface area (Å²) in [4.78, 5) is 29.1. The minimum absolute atomic E-state index is 0.0155. The van der Waals surface area contributed by atoms with Crippen LogP contribution in [0.15, 0.2) is 71.6 Å².